The Bertz CT molecular complexity index is 890. The average molecular weight is 388 g/mol. The number of nitrogens with one attached hydrogen (secondary N) is 2. The molecule has 0 aliphatic heterocycles. The minimum absolute atomic E-state index is 0.297. The molecule has 2 rings (SSSR count). The van der Waals surface area contributed by atoms with Crippen LogP contribution in [0, 0.1) is 13.8 Å². The fourth-order valence-electron chi connectivity index (χ4n) is 2.55. The third kappa shape index (κ3) is 4.87. The Morgan fingerprint density at radius 2 is 1.89 bits per heavy atom. The number of aryl methyl sites for hydroxylation is 2. The number of hydrogen-bond acceptors (Lipinski definition) is 6. The predicted octanol–water partition coefficient (Wildman–Crippen LogP) is 1.35. The normalized spacial score (nSPS) is 11.5. The van der Waals surface area contributed by atoms with Crippen molar-refractivity contribution in [2.24, 2.45) is 7.05 Å². The van der Waals surface area contributed by atoms with Crippen LogP contribution in [0.3, 0.4) is 0 Å². The van der Waals surface area contributed by atoms with Crippen molar-refractivity contribution < 1.29 is 23.9 Å². The lowest BCUT2D eigenvalue weighted by molar-refractivity contribution is -0.152. The van der Waals surface area contributed by atoms with Crippen molar-refractivity contribution in [3.63, 3.8) is 0 Å². The zero-order chi connectivity index (χ0) is 20.8. The van der Waals surface area contributed by atoms with Gasteiger partial charge >= 0.3 is 5.97 Å². The Hall–Kier alpha value is -3.36. The van der Waals surface area contributed by atoms with Gasteiger partial charge in [-0.15, -0.1) is 0 Å². The fourth-order valence-corrected chi connectivity index (χ4v) is 2.55. The number of ether oxygens (including phenoxy) is 2. The predicted molar refractivity (Wildman–Crippen MR) is 102 cm³/mol. The Morgan fingerprint density at radius 1 is 1.21 bits per heavy atom. The van der Waals surface area contributed by atoms with Crippen molar-refractivity contribution in [1.82, 2.24) is 15.1 Å². The van der Waals surface area contributed by atoms with Crippen molar-refractivity contribution in [2.45, 2.75) is 26.9 Å². The molecule has 2 amide bonds. The average Bonchev–Trinajstić information content (AvgIpc) is 2.91. The SMILES string of the molecule is COc1ccccc1C(=O)NCC(=O)O[C@@H](C)C(=O)Nc1c(C)nn(C)c1C. The highest BCUT2D eigenvalue weighted by molar-refractivity contribution is 5.99. The minimum atomic E-state index is -1.03. The molecule has 1 atom stereocenters. The van der Waals surface area contributed by atoms with Gasteiger partial charge in [-0.25, -0.2) is 0 Å². The molecule has 0 fully saturated rings. The topological polar surface area (TPSA) is 112 Å². The maximum absolute atomic E-state index is 12.3. The van der Waals surface area contributed by atoms with E-state index in [1.165, 1.54) is 14.0 Å². The molecule has 150 valence electrons. The van der Waals surface area contributed by atoms with Crippen molar-refractivity contribution >= 4 is 23.5 Å². The molecule has 1 aromatic carbocycles. The maximum Gasteiger partial charge on any atom is 0.326 e. The first kappa shape index (κ1) is 20.9. The molecule has 0 aliphatic carbocycles. The van der Waals surface area contributed by atoms with Gasteiger partial charge in [0.25, 0.3) is 11.8 Å². The number of esters is 1. The maximum atomic E-state index is 12.3. The monoisotopic (exact) mass is 388 g/mol. The molecule has 0 bridgehead atoms. The molecule has 0 radical (unpaired) electrons. The van der Waals surface area contributed by atoms with Gasteiger partial charge in [0, 0.05) is 7.05 Å². The van der Waals surface area contributed by atoms with Gasteiger partial charge in [0.15, 0.2) is 6.10 Å². The minimum Gasteiger partial charge on any atom is -0.496 e. The first-order valence-electron chi connectivity index (χ1n) is 8.66. The van der Waals surface area contributed by atoms with Crippen molar-refractivity contribution in [2.75, 3.05) is 19.0 Å². The summed E-state index contributed by atoms with van der Waals surface area (Å²) in [5, 5.41) is 9.37. The Morgan fingerprint density at radius 3 is 2.50 bits per heavy atom. The first-order chi connectivity index (χ1) is 13.2. The molecule has 0 saturated heterocycles. The largest absolute Gasteiger partial charge is 0.496 e. The molecule has 0 spiro atoms. The van der Waals surface area contributed by atoms with Gasteiger partial charge in [-0.3, -0.25) is 19.1 Å². The second-order valence-electron chi connectivity index (χ2n) is 6.17. The second kappa shape index (κ2) is 9.03. The van der Waals surface area contributed by atoms with E-state index >= 15 is 0 Å². The smallest absolute Gasteiger partial charge is 0.326 e. The molecular formula is C19H24N4O5. The van der Waals surface area contributed by atoms with E-state index in [4.69, 9.17) is 9.47 Å². The van der Waals surface area contributed by atoms with Crippen LogP contribution in [0.1, 0.15) is 28.7 Å². The molecule has 1 aromatic heterocycles. The number of hydrogen-bond donors (Lipinski definition) is 2. The Kier molecular flexibility index (Phi) is 6.75. The molecule has 9 nitrogen and oxygen atoms in total. The molecule has 9 heteroatoms. The number of benzene rings is 1. The summed E-state index contributed by atoms with van der Waals surface area (Å²) in [6.45, 7) is 4.67. The van der Waals surface area contributed by atoms with Gasteiger partial charge in [-0.1, -0.05) is 12.1 Å². The summed E-state index contributed by atoms with van der Waals surface area (Å²) in [4.78, 5) is 36.4. The van der Waals surface area contributed by atoms with E-state index in [0.29, 0.717) is 22.7 Å². The third-order valence-corrected chi connectivity index (χ3v) is 4.18. The summed E-state index contributed by atoms with van der Waals surface area (Å²) < 4.78 is 11.8. The van der Waals surface area contributed by atoms with E-state index in [-0.39, 0.29) is 6.54 Å². The van der Waals surface area contributed by atoms with E-state index in [9.17, 15) is 14.4 Å². The van der Waals surface area contributed by atoms with E-state index in [0.717, 1.165) is 5.69 Å². The number of nitrogens with zero attached hydrogens (tertiary/aromatic N) is 2. The lowest BCUT2D eigenvalue weighted by Crippen LogP contribution is -2.36. The summed E-state index contributed by atoms with van der Waals surface area (Å²) in [5.41, 5.74) is 2.33. The highest BCUT2D eigenvalue weighted by Crippen LogP contribution is 2.19. The highest BCUT2D eigenvalue weighted by atomic mass is 16.5. The van der Waals surface area contributed by atoms with E-state index < -0.39 is 23.9 Å². The lowest BCUT2D eigenvalue weighted by atomic mass is 10.2. The van der Waals surface area contributed by atoms with Gasteiger partial charge < -0.3 is 20.1 Å². The second-order valence-corrected chi connectivity index (χ2v) is 6.17. The molecule has 0 aliphatic rings. The summed E-state index contributed by atoms with van der Waals surface area (Å²) in [6, 6.07) is 6.64. The van der Waals surface area contributed by atoms with Crippen molar-refractivity contribution in [1.29, 1.82) is 0 Å². The van der Waals surface area contributed by atoms with Crippen LogP contribution in [0.5, 0.6) is 5.75 Å². The number of carbonyl (C=O) groups is 3. The number of amides is 2. The first-order valence-corrected chi connectivity index (χ1v) is 8.66. The third-order valence-electron chi connectivity index (χ3n) is 4.18. The number of aromatic nitrogens is 2. The Balaban J connectivity index is 1.88. The van der Waals surface area contributed by atoms with Crippen LogP contribution >= 0.6 is 0 Å². The van der Waals surface area contributed by atoms with Crippen LogP contribution in [0.15, 0.2) is 24.3 Å². The number of rotatable bonds is 7. The quantitative estimate of drug-likeness (QED) is 0.693. The summed E-state index contributed by atoms with van der Waals surface area (Å²) in [7, 11) is 3.22. The van der Waals surface area contributed by atoms with Crippen LogP contribution in [-0.4, -0.2) is 47.3 Å². The molecule has 28 heavy (non-hydrogen) atoms. The van der Waals surface area contributed by atoms with Crippen LogP contribution in [0.2, 0.25) is 0 Å². The summed E-state index contributed by atoms with van der Waals surface area (Å²) >= 11 is 0. The molecule has 2 aromatic rings. The van der Waals surface area contributed by atoms with Crippen LogP contribution in [0.4, 0.5) is 5.69 Å². The van der Waals surface area contributed by atoms with Crippen LogP contribution in [0.25, 0.3) is 0 Å². The van der Waals surface area contributed by atoms with Gasteiger partial charge in [-0.2, -0.15) is 5.10 Å². The molecule has 0 unspecified atom stereocenters. The zero-order valence-corrected chi connectivity index (χ0v) is 16.5. The number of para-hydroxylation sites is 1. The number of carbonyl (C=O) groups excluding carboxylic acids is 3. The Labute approximate surface area is 163 Å². The van der Waals surface area contributed by atoms with Crippen molar-refractivity contribution in [3.05, 3.63) is 41.2 Å². The lowest BCUT2D eigenvalue weighted by Gasteiger charge is -2.14. The van der Waals surface area contributed by atoms with E-state index in [1.54, 1.807) is 42.9 Å². The standard InChI is InChI=1S/C19H24N4O5/c1-11-17(12(2)23(4)22-11)21-18(25)13(3)28-16(24)10-20-19(26)14-8-6-7-9-15(14)27-5/h6-9,13H,10H2,1-5H3,(H,20,26)(H,21,25)/t13-/m0/s1. The van der Waals surface area contributed by atoms with Crippen molar-refractivity contribution in [3.8, 4) is 5.75 Å². The van der Waals surface area contributed by atoms with E-state index in [2.05, 4.69) is 15.7 Å². The van der Waals surface area contributed by atoms with Gasteiger partial charge in [0.2, 0.25) is 0 Å². The van der Waals surface area contributed by atoms with Crippen LogP contribution < -0.4 is 15.4 Å². The van der Waals surface area contributed by atoms with Crippen LogP contribution in [-0.2, 0) is 21.4 Å². The fraction of sp³-hybridized carbons (Fsp3) is 0.368. The number of anilines is 1. The zero-order valence-electron chi connectivity index (χ0n) is 16.5. The molecule has 1 heterocycles. The molecule has 0 saturated carbocycles. The molecule has 2 N–H and O–H groups in total. The summed E-state index contributed by atoms with van der Waals surface area (Å²) in [6.07, 6.45) is -1.03. The van der Waals surface area contributed by atoms with Gasteiger partial charge in [-0.05, 0) is 32.9 Å². The van der Waals surface area contributed by atoms with Gasteiger partial charge in [0.05, 0.1) is 29.7 Å². The number of methoxy groups -OCH3 is 1. The van der Waals surface area contributed by atoms with Gasteiger partial charge in [0.1, 0.15) is 12.3 Å². The highest BCUT2D eigenvalue weighted by Gasteiger charge is 2.21. The van der Waals surface area contributed by atoms with E-state index in [1.807, 2.05) is 6.92 Å². The molecular weight excluding hydrogens is 364 g/mol. The summed E-state index contributed by atoms with van der Waals surface area (Å²) in [5.74, 6) is -1.30.